The van der Waals surface area contributed by atoms with Crippen molar-refractivity contribution < 1.29 is 9.47 Å². The van der Waals surface area contributed by atoms with E-state index in [9.17, 15) is 0 Å². The van der Waals surface area contributed by atoms with Gasteiger partial charge >= 0.3 is 0 Å². The zero-order chi connectivity index (χ0) is 12.3. The predicted molar refractivity (Wildman–Crippen MR) is 69.7 cm³/mol. The number of aryl methyl sites for hydroxylation is 1. The van der Waals surface area contributed by atoms with Crippen LogP contribution in [-0.4, -0.2) is 26.9 Å². The summed E-state index contributed by atoms with van der Waals surface area (Å²) in [6.45, 7) is 2.82. The third-order valence-corrected chi connectivity index (χ3v) is 3.24. The molecule has 0 spiro atoms. The van der Waals surface area contributed by atoms with Crippen molar-refractivity contribution in [2.45, 2.75) is 25.8 Å². The number of benzene rings is 1. The normalized spacial score (nSPS) is 16.6. The first-order chi connectivity index (χ1) is 8.24. The summed E-state index contributed by atoms with van der Waals surface area (Å²) < 4.78 is 10.7. The van der Waals surface area contributed by atoms with Gasteiger partial charge in [-0.15, -0.1) is 0 Å². The van der Waals surface area contributed by atoms with E-state index in [2.05, 4.69) is 30.4 Å². The Labute approximate surface area is 103 Å². The van der Waals surface area contributed by atoms with Gasteiger partial charge in [0.15, 0.2) is 0 Å². The van der Waals surface area contributed by atoms with Gasteiger partial charge < -0.3 is 14.8 Å². The molecule has 1 aromatic rings. The molecule has 0 aliphatic heterocycles. The number of ether oxygens (including phenoxy) is 2. The van der Waals surface area contributed by atoms with Crippen LogP contribution >= 0.6 is 0 Å². The molecule has 2 rings (SSSR count). The smallest absolute Gasteiger partial charge is 0.142 e. The number of methoxy groups -OCH3 is 2. The van der Waals surface area contributed by atoms with Crippen molar-refractivity contribution in [2.24, 2.45) is 5.92 Å². The van der Waals surface area contributed by atoms with Crippen LogP contribution in [0, 0.1) is 12.8 Å². The molecule has 1 atom stereocenters. The van der Waals surface area contributed by atoms with Crippen LogP contribution < -0.4 is 10.1 Å². The van der Waals surface area contributed by atoms with E-state index in [1.807, 2.05) is 0 Å². The van der Waals surface area contributed by atoms with Crippen molar-refractivity contribution in [3.8, 4) is 5.75 Å². The minimum atomic E-state index is 0.400. The predicted octanol–water partition coefficient (Wildman–Crippen LogP) is 2.84. The van der Waals surface area contributed by atoms with Crippen molar-refractivity contribution in [3.05, 3.63) is 23.8 Å². The molecule has 1 aliphatic rings. The summed E-state index contributed by atoms with van der Waals surface area (Å²) in [5, 5.41) is 3.54. The summed E-state index contributed by atoms with van der Waals surface area (Å²) in [6, 6.07) is 6.64. The lowest BCUT2D eigenvalue weighted by molar-refractivity contribution is 0.179. The fourth-order valence-electron chi connectivity index (χ4n) is 2.09. The molecule has 1 unspecified atom stereocenters. The fraction of sp³-hybridized carbons (Fsp3) is 0.571. The van der Waals surface area contributed by atoms with Crippen molar-refractivity contribution in [1.82, 2.24) is 0 Å². The van der Waals surface area contributed by atoms with Gasteiger partial charge in [0, 0.05) is 7.11 Å². The third-order valence-electron chi connectivity index (χ3n) is 3.24. The Balaban J connectivity index is 2.10. The van der Waals surface area contributed by atoms with E-state index in [-0.39, 0.29) is 0 Å². The maximum atomic E-state index is 5.40. The Kier molecular flexibility index (Phi) is 3.89. The lowest BCUT2D eigenvalue weighted by atomic mass is 10.1. The quantitative estimate of drug-likeness (QED) is 0.822. The van der Waals surface area contributed by atoms with E-state index >= 15 is 0 Å². The van der Waals surface area contributed by atoms with Crippen molar-refractivity contribution in [3.63, 3.8) is 0 Å². The number of rotatable bonds is 6. The molecule has 0 saturated heterocycles. The van der Waals surface area contributed by atoms with Gasteiger partial charge in [-0.1, -0.05) is 6.07 Å². The van der Waals surface area contributed by atoms with Crippen LogP contribution in [0.15, 0.2) is 18.2 Å². The second-order valence-corrected chi connectivity index (χ2v) is 4.75. The molecule has 1 saturated carbocycles. The molecule has 0 amide bonds. The average Bonchev–Trinajstić information content (AvgIpc) is 3.14. The first kappa shape index (κ1) is 12.2. The minimum Gasteiger partial charge on any atom is -0.495 e. The lowest BCUT2D eigenvalue weighted by Gasteiger charge is -2.20. The molecule has 1 aromatic carbocycles. The summed E-state index contributed by atoms with van der Waals surface area (Å²) in [6.07, 6.45) is 2.60. The van der Waals surface area contributed by atoms with Gasteiger partial charge in [0.2, 0.25) is 0 Å². The Bertz CT molecular complexity index is 374. The molecular formula is C14H21NO2. The van der Waals surface area contributed by atoms with Gasteiger partial charge in [0.1, 0.15) is 5.75 Å². The maximum Gasteiger partial charge on any atom is 0.142 e. The zero-order valence-electron chi connectivity index (χ0n) is 10.8. The van der Waals surface area contributed by atoms with E-state index in [1.165, 1.54) is 18.4 Å². The van der Waals surface area contributed by atoms with E-state index < -0.39 is 0 Å². The standard InChI is InChI=1S/C14H21NO2/c1-10-4-7-12(14(8-10)17-3)15-13(9-16-2)11-5-6-11/h4,7-8,11,13,15H,5-6,9H2,1-3H3. The first-order valence-corrected chi connectivity index (χ1v) is 6.14. The second kappa shape index (κ2) is 5.41. The van der Waals surface area contributed by atoms with Crippen LogP contribution in [0.2, 0.25) is 0 Å². The van der Waals surface area contributed by atoms with Gasteiger partial charge in [0.05, 0.1) is 25.4 Å². The number of nitrogens with one attached hydrogen (secondary N) is 1. The van der Waals surface area contributed by atoms with Crippen LogP contribution in [0.3, 0.4) is 0 Å². The SMILES string of the molecule is COCC(Nc1ccc(C)cc1OC)C1CC1. The monoisotopic (exact) mass is 235 g/mol. The van der Waals surface area contributed by atoms with Crippen molar-refractivity contribution in [2.75, 3.05) is 26.1 Å². The van der Waals surface area contributed by atoms with Crippen LogP contribution in [0.1, 0.15) is 18.4 Å². The highest BCUT2D eigenvalue weighted by atomic mass is 16.5. The topological polar surface area (TPSA) is 30.5 Å². The Hall–Kier alpha value is -1.22. The summed E-state index contributed by atoms with van der Waals surface area (Å²) in [4.78, 5) is 0. The molecule has 0 bridgehead atoms. The maximum absolute atomic E-state index is 5.40. The molecule has 1 N–H and O–H groups in total. The molecule has 3 heteroatoms. The Morgan fingerprint density at radius 1 is 1.35 bits per heavy atom. The summed E-state index contributed by atoms with van der Waals surface area (Å²) in [5.74, 6) is 1.66. The van der Waals surface area contributed by atoms with Crippen LogP contribution in [0.25, 0.3) is 0 Å². The summed E-state index contributed by atoms with van der Waals surface area (Å²) in [7, 11) is 3.46. The van der Waals surface area contributed by atoms with Gasteiger partial charge in [-0.05, 0) is 43.4 Å². The largest absolute Gasteiger partial charge is 0.495 e. The molecule has 1 fully saturated rings. The second-order valence-electron chi connectivity index (χ2n) is 4.75. The number of hydrogen-bond acceptors (Lipinski definition) is 3. The van der Waals surface area contributed by atoms with Crippen LogP contribution in [0.5, 0.6) is 5.75 Å². The minimum absolute atomic E-state index is 0.400. The van der Waals surface area contributed by atoms with Gasteiger partial charge in [-0.3, -0.25) is 0 Å². The molecule has 94 valence electrons. The molecular weight excluding hydrogens is 214 g/mol. The van der Waals surface area contributed by atoms with Crippen LogP contribution in [-0.2, 0) is 4.74 Å². The molecule has 0 radical (unpaired) electrons. The zero-order valence-corrected chi connectivity index (χ0v) is 10.8. The molecule has 1 aliphatic carbocycles. The molecule has 0 aromatic heterocycles. The number of hydrogen-bond donors (Lipinski definition) is 1. The van der Waals surface area contributed by atoms with Gasteiger partial charge in [0.25, 0.3) is 0 Å². The Morgan fingerprint density at radius 3 is 2.71 bits per heavy atom. The summed E-state index contributed by atoms with van der Waals surface area (Å²) in [5.41, 5.74) is 2.27. The lowest BCUT2D eigenvalue weighted by Crippen LogP contribution is -2.27. The number of anilines is 1. The average molecular weight is 235 g/mol. The molecule has 3 nitrogen and oxygen atoms in total. The van der Waals surface area contributed by atoms with Crippen LogP contribution in [0.4, 0.5) is 5.69 Å². The van der Waals surface area contributed by atoms with E-state index in [0.717, 1.165) is 24.0 Å². The fourth-order valence-corrected chi connectivity index (χ4v) is 2.09. The van der Waals surface area contributed by atoms with Gasteiger partial charge in [-0.25, -0.2) is 0 Å². The first-order valence-electron chi connectivity index (χ1n) is 6.14. The van der Waals surface area contributed by atoms with Crippen molar-refractivity contribution >= 4 is 5.69 Å². The van der Waals surface area contributed by atoms with E-state index in [0.29, 0.717) is 6.04 Å². The highest BCUT2D eigenvalue weighted by Gasteiger charge is 2.31. The Morgan fingerprint density at radius 2 is 2.12 bits per heavy atom. The third kappa shape index (κ3) is 3.13. The summed E-state index contributed by atoms with van der Waals surface area (Å²) >= 11 is 0. The van der Waals surface area contributed by atoms with Gasteiger partial charge in [-0.2, -0.15) is 0 Å². The molecule has 17 heavy (non-hydrogen) atoms. The van der Waals surface area contributed by atoms with E-state index in [4.69, 9.17) is 9.47 Å². The van der Waals surface area contributed by atoms with E-state index in [1.54, 1.807) is 14.2 Å². The highest BCUT2D eigenvalue weighted by Crippen LogP contribution is 2.36. The molecule has 0 heterocycles. The highest BCUT2D eigenvalue weighted by molar-refractivity contribution is 5.58. The van der Waals surface area contributed by atoms with Crippen molar-refractivity contribution in [1.29, 1.82) is 0 Å².